The number of nitrogens with zero attached hydrogens (tertiary/aromatic N) is 3. The maximum atomic E-state index is 13.3. The van der Waals surface area contributed by atoms with Crippen LogP contribution >= 0.6 is 0 Å². The van der Waals surface area contributed by atoms with Gasteiger partial charge in [-0.05, 0) is 41.8 Å². The zero-order valence-electron chi connectivity index (χ0n) is 14.5. The average molecular weight is 354 g/mol. The molecule has 1 N–H and O–H groups in total. The summed E-state index contributed by atoms with van der Waals surface area (Å²) in [6, 6.07) is 12.4. The summed E-state index contributed by atoms with van der Waals surface area (Å²) in [6.07, 6.45) is 2.28. The van der Waals surface area contributed by atoms with Crippen molar-refractivity contribution in [1.29, 1.82) is 0 Å². The molecule has 0 aliphatic carbocycles. The van der Waals surface area contributed by atoms with Gasteiger partial charge in [0.1, 0.15) is 12.1 Å². The van der Waals surface area contributed by atoms with E-state index in [1.54, 1.807) is 26.4 Å². The van der Waals surface area contributed by atoms with Crippen LogP contribution in [0.2, 0.25) is 0 Å². The van der Waals surface area contributed by atoms with E-state index in [1.165, 1.54) is 18.5 Å². The van der Waals surface area contributed by atoms with Crippen LogP contribution in [0.25, 0.3) is 0 Å². The first-order chi connectivity index (χ1) is 12.7. The summed E-state index contributed by atoms with van der Waals surface area (Å²) >= 11 is 0. The summed E-state index contributed by atoms with van der Waals surface area (Å²) < 4.78 is 25.9. The predicted molar refractivity (Wildman–Crippen MR) is 95.1 cm³/mol. The van der Waals surface area contributed by atoms with Gasteiger partial charge in [0, 0.05) is 0 Å². The summed E-state index contributed by atoms with van der Waals surface area (Å²) in [5.74, 6) is 1.79. The summed E-state index contributed by atoms with van der Waals surface area (Å²) in [5, 5.41) is 7.74. The molecule has 1 aliphatic rings. The van der Waals surface area contributed by atoms with Gasteiger partial charge < -0.3 is 14.8 Å². The lowest BCUT2D eigenvalue weighted by Crippen LogP contribution is -2.28. The number of anilines is 1. The Labute approximate surface area is 150 Å². The second-order valence-corrected chi connectivity index (χ2v) is 6.14. The normalized spacial score (nSPS) is 18.7. The van der Waals surface area contributed by atoms with Crippen molar-refractivity contribution in [3.05, 3.63) is 65.7 Å². The van der Waals surface area contributed by atoms with Crippen molar-refractivity contribution in [2.45, 2.75) is 18.5 Å². The van der Waals surface area contributed by atoms with Crippen molar-refractivity contribution in [2.75, 3.05) is 19.5 Å². The van der Waals surface area contributed by atoms with Crippen molar-refractivity contribution in [1.82, 2.24) is 14.8 Å². The minimum atomic E-state index is -0.246. The second kappa shape index (κ2) is 6.67. The van der Waals surface area contributed by atoms with Gasteiger partial charge in [0.2, 0.25) is 5.95 Å². The Bertz CT molecular complexity index is 910. The minimum Gasteiger partial charge on any atom is -0.493 e. The standard InChI is InChI=1S/C19H19FN4O2/c1-25-17-8-5-13(9-18(17)26-2)16-10-15(12-3-6-14(20)7-4-12)23-19-21-11-22-24(16)19/h3-9,11,15-16H,10H2,1-2H3,(H,21,22,23). The fourth-order valence-corrected chi connectivity index (χ4v) is 3.37. The van der Waals surface area contributed by atoms with E-state index in [-0.39, 0.29) is 17.9 Å². The molecule has 3 aromatic rings. The Morgan fingerprint density at radius 2 is 1.77 bits per heavy atom. The third-order valence-electron chi connectivity index (χ3n) is 4.70. The molecule has 1 aromatic heterocycles. The zero-order chi connectivity index (χ0) is 18.1. The molecule has 0 fully saturated rings. The lowest BCUT2D eigenvalue weighted by Gasteiger charge is -2.32. The van der Waals surface area contributed by atoms with Crippen LogP contribution in [0.5, 0.6) is 11.5 Å². The van der Waals surface area contributed by atoms with Gasteiger partial charge in [-0.3, -0.25) is 0 Å². The van der Waals surface area contributed by atoms with E-state index >= 15 is 0 Å². The van der Waals surface area contributed by atoms with E-state index in [9.17, 15) is 4.39 Å². The second-order valence-electron chi connectivity index (χ2n) is 6.14. The zero-order valence-corrected chi connectivity index (χ0v) is 14.5. The highest BCUT2D eigenvalue weighted by atomic mass is 19.1. The Hall–Kier alpha value is -3.09. The molecule has 0 radical (unpaired) electrons. The van der Waals surface area contributed by atoms with Crippen LogP contribution in [-0.4, -0.2) is 29.0 Å². The number of nitrogens with one attached hydrogen (secondary N) is 1. The van der Waals surface area contributed by atoms with Crippen LogP contribution < -0.4 is 14.8 Å². The Balaban J connectivity index is 1.72. The SMILES string of the molecule is COc1ccc(C2CC(c3ccc(F)cc3)Nc3ncnn32)cc1OC. The molecule has 4 rings (SSSR count). The van der Waals surface area contributed by atoms with Crippen LogP contribution in [0.3, 0.4) is 0 Å². The number of hydrogen-bond acceptors (Lipinski definition) is 5. The van der Waals surface area contributed by atoms with E-state index < -0.39 is 0 Å². The Kier molecular flexibility index (Phi) is 4.20. The summed E-state index contributed by atoms with van der Waals surface area (Å²) in [6.45, 7) is 0. The van der Waals surface area contributed by atoms with Crippen LogP contribution in [0.15, 0.2) is 48.8 Å². The van der Waals surface area contributed by atoms with Gasteiger partial charge in [-0.2, -0.15) is 10.1 Å². The monoisotopic (exact) mass is 354 g/mol. The molecule has 0 bridgehead atoms. The highest BCUT2D eigenvalue weighted by molar-refractivity contribution is 5.46. The Morgan fingerprint density at radius 1 is 1.04 bits per heavy atom. The maximum absolute atomic E-state index is 13.3. The molecule has 2 atom stereocenters. The molecule has 7 heteroatoms. The van der Waals surface area contributed by atoms with Crippen LogP contribution in [0, 0.1) is 5.82 Å². The molecule has 0 spiro atoms. The van der Waals surface area contributed by atoms with Gasteiger partial charge in [-0.15, -0.1) is 0 Å². The molecule has 0 saturated heterocycles. The number of rotatable bonds is 4. The number of ether oxygens (including phenoxy) is 2. The lowest BCUT2D eigenvalue weighted by molar-refractivity contribution is 0.352. The van der Waals surface area contributed by atoms with Crippen LogP contribution in [0.1, 0.15) is 29.6 Å². The first-order valence-corrected chi connectivity index (χ1v) is 8.33. The number of halogens is 1. The molecule has 0 saturated carbocycles. The first kappa shape index (κ1) is 16.4. The van der Waals surface area contributed by atoms with Gasteiger partial charge in [-0.25, -0.2) is 9.07 Å². The van der Waals surface area contributed by atoms with Crippen LogP contribution in [-0.2, 0) is 0 Å². The topological polar surface area (TPSA) is 61.2 Å². The van der Waals surface area contributed by atoms with Crippen molar-refractivity contribution in [3.63, 3.8) is 0 Å². The molecule has 2 heterocycles. The lowest BCUT2D eigenvalue weighted by atomic mass is 9.93. The van der Waals surface area contributed by atoms with Gasteiger partial charge in [-0.1, -0.05) is 18.2 Å². The van der Waals surface area contributed by atoms with E-state index in [2.05, 4.69) is 15.4 Å². The smallest absolute Gasteiger partial charge is 0.222 e. The number of methoxy groups -OCH3 is 2. The highest BCUT2D eigenvalue weighted by Gasteiger charge is 2.30. The molecule has 6 nitrogen and oxygen atoms in total. The number of hydrogen-bond donors (Lipinski definition) is 1. The quantitative estimate of drug-likeness (QED) is 0.776. The van der Waals surface area contributed by atoms with Crippen molar-refractivity contribution in [2.24, 2.45) is 0 Å². The van der Waals surface area contributed by atoms with Crippen molar-refractivity contribution >= 4 is 5.95 Å². The van der Waals surface area contributed by atoms with Crippen molar-refractivity contribution in [3.8, 4) is 11.5 Å². The average Bonchev–Trinajstić information content (AvgIpc) is 3.16. The van der Waals surface area contributed by atoms with Crippen LogP contribution in [0.4, 0.5) is 10.3 Å². The van der Waals surface area contributed by atoms with Gasteiger partial charge >= 0.3 is 0 Å². The molecule has 2 aromatic carbocycles. The number of fused-ring (bicyclic) bond motifs is 1. The molecule has 134 valence electrons. The van der Waals surface area contributed by atoms with E-state index in [1.807, 2.05) is 22.9 Å². The van der Waals surface area contributed by atoms with E-state index in [0.29, 0.717) is 17.4 Å². The fourth-order valence-electron chi connectivity index (χ4n) is 3.37. The Morgan fingerprint density at radius 3 is 2.50 bits per heavy atom. The highest BCUT2D eigenvalue weighted by Crippen LogP contribution is 2.39. The molecule has 0 amide bonds. The minimum absolute atomic E-state index is 0.00500. The third kappa shape index (κ3) is 2.85. The molecule has 1 aliphatic heterocycles. The molecule has 26 heavy (non-hydrogen) atoms. The summed E-state index contributed by atoms with van der Waals surface area (Å²) in [5.41, 5.74) is 2.05. The van der Waals surface area contributed by atoms with E-state index in [0.717, 1.165) is 17.5 Å². The van der Waals surface area contributed by atoms with Gasteiger partial charge in [0.05, 0.1) is 26.3 Å². The largest absolute Gasteiger partial charge is 0.493 e. The summed E-state index contributed by atoms with van der Waals surface area (Å²) in [7, 11) is 3.23. The molecular formula is C19H19FN4O2. The fraction of sp³-hybridized carbons (Fsp3) is 0.263. The first-order valence-electron chi connectivity index (χ1n) is 8.33. The van der Waals surface area contributed by atoms with Gasteiger partial charge in [0.25, 0.3) is 0 Å². The maximum Gasteiger partial charge on any atom is 0.222 e. The number of aromatic nitrogens is 3. The summed E-state index contributed by atoms with van der Waals surface area (Å²) in [4.78, 5) is 4.31. The van der Waals surface area contributed by atoms with E-state index in [4.69, 9.17) is 9.47 Å². The predicted octanol–water partition coefficient (Wildman–Crippen LogP) is 3.58. The molecular weight excluding hydrogens is 335 g/mol. The van der Waals surface area contributed by atoms with Gasteiger partial charge in [0.15, 0.2) is 11.5 Å². The van der Waals surface area contributed by atoms with Crippen molar-refractivity contribution < 1.29 is 13.9 Å². The number of benzene rings is 2. The molecule has 2 unspecified atom stereocenters. The third-order valence-corrected chi connectivity index (χ3v) is 4.70.